The third-order valence-electron chi connectivity index (χ3n) is 2.25. The maximum absolute atomic E-state index is 11.4. The van der Waals surface area contributed by atoms with Gasteiger partial charge in [-0.15, -0.1) is 12.3 Å². The Morgan fingerprint density at radius 2 is 1.88 bits per heavy atom. The zero-order valence-electron chi connectivity index (χ0n) is 9.62. The number of carboxylic acid groups (broad SMARTS) is 1. The Hall–Kier alpha value is -1.70. The summed E-state index contributed by atoms with van der Waals surface area (Å²) in [7, 11) is 0. The molecule has 3 N–H and O–H groups in total. The number of rotatable bonds is 6. The van der Waals surface area contributed by atoms with Gasteiger partial charge in [-0.2, -0.15) is 0 Å². The summed E-state index contributed by atoms with van der Waals surface area (Å²) in [6.07, 6.45) is 6.59. The van der Waals surface area contributed by atoms with Crippen molar-refractivity contribution in [2.75, 3.05) is 0 Å². The first-order valence-electron chi connectivity index (χ1n) is 5.28. The summed E-state index contributed by atoms with van der Waals surface area (Å²) >= 11 is 0. The molecule has 0 rings (SSSR count). The first-order valence-corrected chi connectivity index (χ1v) is 5.28. The molecule has 2 amide bonds. The predicted octanol–water partition coefficient (Wildman–Crippen LogP) is 0.951. The average molecular weight is 226 g/mol. The van der Waals surface area contributed by atoms with Crippen LogP contribution < -0.4 is 10.6 Å². The number of carbonyl (C=O) groups is 2. The van der Waals surface area contributed by atoms with E-state index in [-0.39, 0.29) is 12.5 Å². The van der Waals surface area contributed by atoms with Gasteiger partial charge in [0.1, 0.15) is 6.04 Å². The number of amides is 2. The van der Waals surface area contributed by atoms with Gasteiger partial charge in [0.15, 0.2) is 0 Å². The van der Waals surface area contributed by atoms with Gasteiger partial charge in [0.05, 0.1) is 0 Å². The van der Waals surface area contributed by atoms with Crippen molar-refractivity contribution in [3.63, 3.8) is 0 Å². The van der Waals surface area contributed by atoms with E-state index in [9.17, 15) is 9.59 Å². The van der Waals surface area contributed by atoms with Crippen LogP contribution in [0.3, 0.4) is 0 Å². The Labute approximate surface area is 95.6 Å². The zero-order valence-corrected chi connectivity index (χ0v) is 9.62. The summed E-state index contributed by atoms with van der Waals surface area (Å²) in [5.74, 6) is 1.09. The molecule has 0 aromatic carbocycles. The summed E-state index contributed by atoms with van der Waals surface area (Å²) in [4.78, 5) is 22.1. The lowest BCUT2D eigenvalue weighted by molar-refractivity contribution is -0.139. The van der Waals surface area contributed by atoms with Gasteiger partial charge >= 0.3 is 12.0 Å². The highest BCUT2D eigenvalue weighted by atomic mass is 16.4. The normalized spacial score (nSPS) is 11.6. The smallest absolute Gasteiger partial charge is 0.327 e. The largest absolute Gasteiger partial charge is 0.480 e. The minimum atomic E-state index is -1.13. The molecule has 0 aromatic heterocycles. The van der Waals surface area contributed by atoms with E-state index in [2.05, 4.69) is 16.6 Å². The molecule has 5 nitrogen and oxygen atoms in total. The maximum Gasteiger partial charge on any atom is 0.327 e. The van der Waals surface area contributed by atoms with Gasteiger partial charge in [0, 0.05) is 12.5 Å². The monoisotopic (exact) mass is 226 g/mol. The van der Waals surface area contributed by atoms with Crippen LogP contribution in [0.4, 0.5) is 4.79 Å². The van der Waals surface area contributed by atoms with Gasteiger partial charge in [0.25, 0.3) is 0 Å². The zero-order chi connectivity index (χ0) is 12.6. The minimum Gasteiger partial charge on any atom is -0.480 e. The molecule has 0 radical (unpaired) electrons. The second-order valence-electron chi connectivity index (χ2n) is 3.43. The van der Waals surface area contributed by atoms with Crippen molar-refractivity contribution in [2.45, 2.75) is 45.2 Å². The molecule has 0 spiro atoms. The highest BCUT2D eigenvalue weighted by molar-refractivity contribution is 5.82. The molecule has 1 unspecified atom stereocenters. The van der Waals surface area contributed by atoms with Gasteiger partial charge in [-0.1, -0.05) is 13.8 Å². The van der Waals surface area contributed by atoms with Crippen molar-refractivity contribution in [1.82, 2.24) is 10.6 Å². The second-order valence-corrected chi connectivity index (χ2v) is 3.43. The molecule has 5 heteroatoms. The first kappa shape index (κ1) is 14.3. The average Bonchev–Trinajstić information content (AvgIpc) is 2.25. The van der Waals surface area contributed by atoms with Crippen LogP contribution in [0.5, 0.6) is 0 Å². The molecule has 0 fully saturated rings. The van der Waals surface area contributed by atoms with Crippen molar-refractivity contribution in [3.05, 3.63) is 0 Å². The van der Waals surface area contributed by atoms with Crippen molar-refractivity contribution in [2.24, 2.45) is 0 Å². The number of terminal acetylenes is 1. The van der Waals surface area contributed by atoms with Gasteiger partial charge in [-0.3, -0.25) is 0 Å². The van der Waals surface area contributed by atoms with E-state index < -0.39 is 18.0 Å². The summed E-state index contributed by atoms with van der Waals surface area (Å²) < 4.78 is 0. The molecule has 0 saturated carbocycles. The standard InChI is InChI=1S/C11H18N2O3/c1-4-7-9(10(14)15)13-11(16)12-8(5-2)6-3/h1,8-9H,5-7H2,2-3H3,(H,14,15)(H2,12,13,16). The summed E-state index contributed by atoms with van der Waals surface area (Å²) in [6.45, 7) is 3.90. The molecule has 0 aliphatic heterocycles. The second kappa shape index (κ2) is 7.57. The minimum absolute atomic E-state index is 0.0222. The van der Waals surface area contributed by atoms with Crippen LogP contribution in [0.1, 0.15) is 33.1 Å². The highest BCUT2D eigenvalue weighted by Crippen LogP contribution is 1.96. The van der Waals surface area contributed by atoms with Crippen molar-refractivity contribution in [1.29, 1.82) is 0 Å². The SMILES string of the molecule is C#CCC(NC(=O)NC(CC)CC)C(=O)O. The highest BCUT2D eigenvalue weighted by Gasteiger charge is 2.19. The molecule has 0 aliphatic carbocycles. The molecule has 16 heavy (non-hydrogen) atoms. The van der Waals surface area contributed by atoms with Gasteiger partial charge in [-0.25, -0.2) is 9.59 Å². The Morgan fingerprint density at radius 1 is 1.31 bits per heavy atom. The Bertz CT molecular complexity index is 279. The van der Waals surface area contributed by atoms with Crippen LogP contribution in [-0.2, 0) is 4.79 Å². The van der Waals surface area contributed by atoms with E-state index in [1.807, 2.05) is 13.8 Å². The third-order valence-corrected chi connectivity index (χ3v) is 2.25. The molecular formula is C11H18N2O3. The summed E-state index contributed by atoms with van der Waals surface area (Å²) in [5, 5.41) is 13.8. The van der Waals surface area contributed by atoms with Crippen molar-refractivity contribution < 1.29 is 14.7 Å². The molecule has 0 saturated heterocycles. The van der Waals surface area contributed by atoms with E-state index in [0.717, 1.165) is 12.8 Å². The van der Waals surface area contributed by atoms with Crippen LogP contribution in [0.2, 0.25) is 0 Å². The molecular weight excluding hydrogens is 208 g/mol. The Morgan fingerprint density at radius 3 is 2.25 bits per heavy atom. The van der Waals surface area contributed by atoms with E-state index >= 15 is 0 Å². The summed E-state index contributed by atoms with van der Waals surface area (Å²) in [6, 6.07) is -1.46. The first-order chi connectivity index (χ1) is 7.54. The van der Waals surface area contributed by atoms with E-state index in [0.29, 0.717) is 0 Å². The number of nitrogens with one attached hydrogen (secondary N) is 2. The lowest BCUT2D eigenvalue weighted by Crippen LogP contribution is -2.48. The lowest BCUT2D eigenvalue weighted by atomic mass is 10.2. The molecule has 0 aromatic rings. The number of aliphatic carboxylic acids is 1. The molecule has 0 bridgehead atoms. The van der Waals surface area contributed by atoms with Crippen LogP contribution in [0.25, 0.3) is 0 Å². The third kappa shape index (κ3) is 5.25. The number of carboxylic acids is 1. The van der Waals surface area contributed by atoms with Crippen molar-refractivity contribution in [3.8, 4) is 12.3 Å². The lowest BCUT2D eigenvalue weighted by Gasteiger charge is -2.17. The number of urea groups is 1. The number of carbonyl (C=O) groups excluding carboxylic acids is 1. The number of hydrogen-bond acceptors (Lipinski definition) is 2. The van der Waals surface area contributed by atoms with Crippen LogP contribution >= 0.6 is 0 Å². The Kier molecular flexibility index (Phi) is 6.77. The van der Waals surface area contributed by atoms with E-state index in [1.54, 1.807) is 0 Å². The molecule has 0 aliphatic rings. The number of hydrogen-bond donors (Lipinski definition) is 3. The molecule has 90 valence electrons. The van der Waals surface area contributed by atoms with Crippen molar-refractivity contribution >= 4 is 12.0 Å². The van der Waals surface area contributed by atoms with Crippen LogP contribution in [0, 0.1) is 12.3 Å². The topological polar surface area (TPSA) is 78.4 Å². The fourth-order valence-corrected chi connectivity index (χ4v) is 1.20. The van der Waals surface area contributed by atoms with Gasteiger partial charge in [-0.05, 0) is 12.8 Å². The Balaban J connectivity index is 4.20. The van der Waals surface area contributed by atoms with Crippen LogP contribution in [-0.4, -0.2) is 29.2 Å². The molecule has 1 atom stereocenters. The summed E-state index contributed by atoms with van der Waals surface area (Å²) in [5.41, 5.74) is 0. The quantitative estimate of drug-likeness (QED) is 0.590. The van der Waals surface area contributed by atoms with Crippen LogP contribution in [0.15, 0.2) is 0 Å². The fourth-order valence-electron chi connectivity index (χ4n) is 1.20. The predicted molar refractivity (Wildman–Crippen MR) is 60.9 cm³/mol. The van der Waals surface area contributed by atoms with E-state index in [4.69, 9.17) is 11.5 Å². The molecule has 0 heterocycles. The van der Waals surface area contributed by atoms with Gasteiger partial charge < -0.3 is 15.7 Å². The fraction of sp³-hybridized carbons (Fsp3) is 0.636. The maximum atomic E-state index is 11.4. The van der Waals surface area contributed by atoms with E-state index in [1.165, 1.54) is 0 Å². The van der Waals surface area contributed by atoms with Gasteiger partial charge in [0.2, 0.25) is 0 Å².